The summed E-state index contributed by atoms with van der Waals surface area (Å²) >= 11 is 5.98. The third kappa shape index (κ3) is 5.24. The number of nitrogens with one attached hydrogen (secondary N) is 1. The Bertz CT molecular complexity index is 960. The fraction of sp³-hybridized carbons (Fsp3) is 0.136. The highest BCUT2D eigenvalue weighted by Crippen LogP contribution is 2.24. The summed E-state index contributed by atoms with van der Waals surface area (Å²) < 4.78 is 24.4. The molecule has 0 heterocycles. The van der Waals surface area contributed by atoms with E-state index in [0.717, 1.165) is 5.56 Å². The van der Waals surface area contributed by atoms with Crippen LogP contribution in [0.2, 0.25) is 5.02 Å². The molecule has 0 aliphatic rings. The van der Waals surface area contributed by atoms with Crippen molar-refractivity contribution in [1.82, 2.24) is 0 Å². The van der Waals surface area contributed by atoms with E-state index in [2.05, 4.69) is 5.32 Å². The molecule has 0 fully saturated rings. The van der Waals surface area contributed by atoms with Gasteiger partial charge in [0, 0.05) is 21.8 Å². The first-order chi connectivity index (χ1) is 13.5. The van der Waals surface area contributed by atoms with E-state index in [-0.39, 0.29) is 18.3 Å². The zero-order chi connectivity index (χ0) is 19.9. The van der Waals surface area contributed by atoms with Crippen LogP contribution in [0.3, 0.4) is 0 Å². The van der Waals surface area contributed by atoms with Crippen molar-refractivity contribution in [3.63, 3.8) is 0 Å². The SMILES string of the molecule is CCOc1ccc(C(=O)Nc2ccc(F)cc2)cc1COc1cccc(Cl)c1. The molecule has 0 unspecified atom stereocenters. The minimum Gasteiger partial charge on any atom is -0.493 e. The predicted octanol–water partition coefficient (Wildman–Crippen LogP) is 5.71. The van der Waals surface area contributed by atoms with E-state index in [9.17, 15) is 9.18 Å². The molecule has 0 bridgehead atoms. The summed E-state index contributed by atoms with van der Waals surface area (Å²) in [6.07, 6.45) is 0. The molecule has 1 amide bonds. The Balaban J connectivity index is 1.77. The van der Waals surface area contributed by atoms with Gasteiger partial charge in [0.1, 0.15) is 23.9 Å². The van der Waals surface area contributed by atoms with Crippen LogP contribution in [-0.2, 0) is 6.61 Å². The van der Waals surface area contributed by atoms with E-state index in [1.54, 1.807) is 42.5 Å². The number of halogens is 2. The van der Waals surface area contributed by atoms with E-state index in [4.69, 9.17) is 21.1 Å². The molecule has 3 aromatic carbocycles. The van der Waals surface area contributed by atoms with Crippen molar-refractivity contribution in [2.75, 3.05) is 11.9 Å². The van der Waals surface area contributed by atoms with Crippen molar-refractivity contribution >= 4 is 23.2 Å². The highest BCUT2D eigenvalue weighted by Gasteiger charge is 2.12. The second-order valence-electron chi connectivity index (χ2n) is 5.96. The van der Waals surface area contributed by atoms with Crippen LogP contribution >= 0.6 is 11.6 Å². The molecular weight excluding hydrogens is 381 g/mol. The number of ether oxygens (including phenoxy) is 2. The molecule has 144 valence electrons. The minimum absolute atomic E-state index is 0.216. The summed E-state index contributed by atoms with van der Waals surface area (Å²) in [5.41, 5.74) is 1.68. The van der Waals surface area contributed by atoms with Crippen molar-refractivity contribution in [2.24, 2.45) is 0 Å². The van der Waals surface area contributed by atoms with Gasteiger partial charge in [-0.1, -0.05) is 17.7 Å². The standard InChI is InChI=1S/C22H19ClFNO3/c1-2-27-21-11-6-15(22(26)25-19-9-7-18(24)8-10-19)12-16(21)14-28-20-5-3-4-17(23)13-20/h3-13H,2,14H2,1H3,(H,25,26). The molecule has 0 aromatic heterocycles. The van der Waals surface area contributed by atoms with Gasteiger partial charge in [-0.05, 0) is 67.6 Å². The fourth-order valence-electron chi connectivity index (χ4n) is 2.58. The second kappa shape index (κ2) is 9.24. The van der Waals surface area contributed by atoms with E-state index in [1.807, 2.05) is 6.92 Å². The maximum atomic E-state index is 13.0. The first-order valence-electron chi connectivity index (χ1n) is 8.76. The molecule has 4 nitrogen and oxygen atoms in total. The van der Waals surface area contributed by atoms with Gasteiger partial charge in [0.15, 0.2) is 0 Å². The number of carbonyl (C=O) groups is 1. The van der Waals surface area contributed by atoms with Crippen molar-refractivity contribution in [2.45, 2.75) is 13.5 Å². The van der Waals surface area contributed by atoms with Crippen molar-refractivity contribution in [1.29, 1.82) is 0 Å². The van der Waals surface area contributed by atoms with Gasteiger partial charge >= 0.3 is 0 Å². The molecular formula is C22H19ClFNO3. The maximum absolute atomic E-state index is 13.0. The lowest BCUT2D eigenvalue weighted by Gasteiger charge is -2.13. The Morgan fingerprint density at radius 2 is 1.82 bits per heavy atom. The van der Waals surface area contributed by atoms with Crippen molar-refractivity contribution in [3.05, 3.63) is 88.7 Å². The molecule has 0 radical (unpaired) electrons. The van der Waals surface area contributed by atoms with E-state index in [0.29, 0.717) is 34.4 Å². The minimum atomic E-state index is -0.362. The number of rotatable bonds is 7. The highest BCUT2D eigenvalue weighted by atomic mass is 35.5. The van der Waals surface area contributed by atoms with Crippen LogP contribution in [0.1, 0.15) is 22.8 Å². The largest absolute Gasteiger partial charge is 0.493 e. The van der Waals surface area contributed by atoms with Crippen LogP contribution < -0.4 is 14.8 Å². The molecule has 28 heavy (non-hydrogen) atoms. The molecule has 0 atom stereocenters. The number of carbonyl (C=O) groups excluding carboxylic acids is 1. The number of amides is 1. The van der Waals surface area contributed by atoms with Gasteiger partial charge in [-0.3, -0.25) is 4.79 Å². The van der Waals surface area contributed by atoms with E-state index in [1.165, 1.54) is 24.3 Å². The third-order valence-electron chi connectivity index (χ3n) is 3.92. The first-order valence-corrected chi connectivity index (χ1v) is 9.14. The average Bonchev–Trinajstić information content (AvgIpc) is 2.69. The normalized spacial score (nSPS) is 10.4. The van der Waals surface area contributed by atoms with Crippen LogP contribution in [0.15, 0.2) is 66.7 Å². The predicted molar refractivity (Wildman–Crippen MR) is 108 cm³/mol. The van der Waals surface area contributed by atoms with Crippen molar-refractivity contribution < 1.29 is 18.7 Å². The fourth-order valence-corrected chi connectivity index (χ4v) is 2.76. The van der Waals surface area contributed by atoms with Gasteiger partial charge < -0.3 is 14.8 Å². The van der Waals surface area contributed by atoms with Gasteiger partial charge in [0.2, 0.25) is 0 Å². The third-order valence-corrected chi connectivity index (χ3v) is 4.15. The first kappa shape index (κ1) is 19.7. The number of hydrogen-bond acceptors (Lipinski definition) is 3. The number of anilines is 1. The van der Waals surface area contributed by atoms with Crippen LogP contribution in [0.4, 0.5) is 10.1 Å². The smallest absolute Gasteiger partial charge is 0.255 e. The molecule has 0 saturated heterocycles. The quantitative estimate of drug-likeness (QED) is 0.553. The molecule has 3 aromatic rings. The molecule has 3 rings (SSSR count). The Morgan fingerprint density at radius 3 is 2.54 bits per heavy atom. The lowest BCUT2D eigenvalue weighted by molar-refractivity contribution is 0.102. The number of hydrogen-bond donors (Lipinski definition) is 1. The van der Waals surface area contributed by atoms with E-state index < -0.39 is 0 Å². The molecule has 0 saturated carbocycles. The summed E-state index contributed by atoms with van der Waals surface area (Å²) in [5.74, 6) is 0.595. The summed E-state index contributed by atoms with van der Waals surface area (Å²) in [6, 6.07) is 17.8. The van der Waals surface area contributed by atoms with Gasteiger partial charge in [0.25, 0.3) is 5.91 Å². The Labute approximate surface area is 167 Å². The number of benzene rings is 3. The zero-order valence-electron chi connectivity index (χ0n) is 15.2. The van der Waals surface area contributed by atoms with Crippen LogP contribution in [-0.4, -0.2) is 12.5 Å². The Morgan fingerprint density at radius 1 is 1.04 bits per heavy atom. The molecule has 0 spiro atoms. The summed E-state index contributed by atoms with van der Waals surface area (Å²) in [5, 5.41) is 3.32. The summed E-state index contributed by atoms with van der Waals surface area (Å²) in [4.78, 5) is 12.5. The van der Waals surface area contributed by atoms with Crippen LogP contribution in [0.5, 0.6) is 11.5 Å². The van der Waals surface area contributed by atoms with Gasteiger partial charge in [-0.25, -0.2) is 4.39 Å². The molecule has 6 heteroatoms. The lowest BCUT2D eigenvalue weighted by atomic mass is 10.1. The molecule has 0 aliphatic heterocycles. The highest BCUT2D eigenvalue weighted by molar-refractivity contribution is 6.30. The van der Waals surface area contributed by atoms with Gasteiger partial charge in [-0.15, -0.1) is 0 Å². The topological polar surface area (TPSA) is 47.6 Å². The Kier molecular flexibility index (Phi) is 6.50. The second-order valence-corrected chi connectivity index (χ2v) is 6.40. The molecule has 0 aliphatic carbocycles. The van der Waals surface area contributed by atoms with Crippen LogP contribution in [0.25, 0.3) is 0 Å². The van der Waals surface area contributed by atoms with Crippen molar-refractivity contribution in [3.8, 4) is 11.5 Å². The van der Waals surface area contributed by atoms with Gasteiger partial charge in [0.05, 0.1) is 6.61 Å². The van der Waals surface area contributed by atoms with Crippen LogP contribution in [0, 0.1) is 5.82 Å². The summed E-state index contributed by atoms with van der Waals surface area (Å²) in [7, 11) is 0. The summed E-state index contributed by atoms with van der Waals surface area (Å²) in [6.45, 7) is 2.59. The van der Waals surface area contributed by atoms with Gasteiger partial charge in [-0.2, -0.15) is 0 Å². The lowest BCUT2D eigenvalue weighted by Crippen LogP contribution is -2.13. The zero-order valence-corrected chi connectivity index (χ0v) is 16.0. The monoisotopic (exact) mass is 399 g/mol. The van der Waals surface area contributed by atoms with E-state index >= 15 is 0 Å². The molecule has 1 N–H and O–H groups in total. The average molecular weight is 400 g/mol. The Hall–Kier alpha value is -3.05. The maximum Gasteiger partial charge on any atom is 0.255 e.